The number of carbonyl (C=O) groups excluding carboxylic acids is 1. The van der Waals surface area contributed by atoms with Crippen molar-refractivity contribution in [2.45, 2.75) is 44.2 Å². The summed E-state index contributed by atoms with van der Waals surface area (Å²) in [6.45, 7) is 4.34. The average molecular weight is 273 g/mol. The molecule has 4 heteroatoms. The number of amides is 1. The Morgan fingerprint density at radius 2 is 2.25 bits per heavy atom. The summed E-state index contributed by atoms with van der Waals surface area (Å²) in [6.07, 6.45) is 7.96. The second kappa shape index (κ2) is 5.17. The molecular formula is C16H23N3O. The Morgan fingerprint density at radius 1 is 1.40 bits per heavy atom. The van der Waals surface area contributed by atoms with Crippen molar-refractivity contribution < 1.29 is 4.79 Å². The van der Waals surface area contributed by atoms with Crippen LogP contribution in [0.4, 0.5) is 0 Å². The van der Waals surface area contributed by atoms with E-state index in [0.717, 1.165) is 25.9 Å². The molecule has 1 amide bonds. The molecule has 0 saturated carbocycles. The molecule has 0 radical (unpaired) electrons. The zero-order valence-electron chi connectivity index (χ0n) is 12.4. The van der Waals surface area contributed by atoms with Crippen LogP contribution in [0.5, 0.6) is 0 Å². The number of hydrogen-bond acceptors (Lipinski definition) is 3. The minimum Gasteiger partial charge on any atom is -0.334 e. The van der Waals surface area contributed by atoms with Crippen molar-refractivity contribution in [3.8, 4) is 0 Å². The Kier molecular flexibility index (Phi) is 3.50. The van der Waals surface area contributed by atoms with Crippen LogP contribution >= 0.6 is 0 Å². The third-order valence-electron chi connectivity index (χ3n) is 5.19. The average Bonchev–Trinajstić information content (AvgIpc) is 2.48. The van der Waals surface area contributed by atoms with Gasteiger partial charge in [0.25, 0.3) is 5.91 Å². The summed E-state index contributed by atoms with van der Waals surface area (Å²) in [5.41, 5.74) is 0.846. The van der Waals surface area contributed by atoms with Crippen LogP contribution in [0, 0.1) is 0 Å². The van der Waals surface area contributed by atoms with Gasteiger partial charge in [-0.05, 0) is 58.3 Å². The fourth-order valence-electron chi connectivity index (χ4n) is 3.85. The zero-order valence-corrected chi connectivity index (χ0v) is 12.4. The Labute approximate surface area is 120 Å². The van der Waals surface area contributed by atoms with Crippen molar-refractivity contribution in [2.75, 3.05) is 20.1 Å². The lowest BCUT2D eigenvalue weighted by Gasteiger charge is -2.55. The maximum atomic E-state index is 12.8. The molecule has 2 aliphatic heterocycles. The Hall–Kier alpha value is -1.42. The first-order valence-electron chi connectivity index (χ1n) is 7.55. The molecule has 0 spiro atoms. The summed E-state index contributed by atoms with van der Waals surface area (Å²) >= 11 is 0. The third kappa shape index (κ3) is 2.12. The molecule has 1 aromatic rings. The predicted octanol–water partition coefficient (Wildman–Crippen LogP) is 2.17. The third-order valence-corrected chi connectivity index (χ3v) is 5.19. The van der Waals surface area contributed by atoms with Crippen molar-refractivity contribution in [3.05, 3.63) is 30.1 Å². The van der Waals surface area contributed by atoms with E-state index >= 15 is 0 Å². The van der Waals surface area contributed by atoms with Crippen LogP contribution in [0.2, 0.25) is 0 Å². The summed E-state index contributed by atoms with van der Waals surface area (Å²) in [6, 6.07) is 4.04. The van der Waals surface area contributed by atoms with Gasteiger partial charge in [-0.2, -0.15) is 0 Å². The van der Waals surface area contributed by atoms with Gasteiger partial charge in [0.15, 0.2) is 0 Å². The van der Waals surface area contributed by atoms with Gasteiger partial charge in [0.05, 0.1) is 11.6 Å². The lowest BCUT2D eigenvalue weighted by Crippen LogP contribution is -2.66. The molecule has 0 aliphatic carbocycles. The summed E-state index contributed by atoms with van der Waals surface area (Å²) < 4.78 is 0. The molecule has 2 atom stereocenters. The Morgan fingerprint density at radius 3 is 3.00 bits per heavy atom. The molecule has 4 nitrogen and oxygen atoms in total. The van der Waals surface area contributed by atoms with Gasteiger partial charge in [-0.3, -0.25) is 14.7 Å². The van der Waals surface area contributed by atoms with Gasteiger partial charge < -0.3 is 4.90 Å². The smallest absolute Gasteiger partial charge is 0.255 e. The molecule has 2 aliphatic rings. The van der Waals surface area contributed by atoms with Crippen LogP contribution < -0.4 is 0 Å². The number of fused-ring (bicyclic) bond motifs is 1. The van der Waals surface area contributed by atoms with Gasteiger partial charge >= 0.3 is 0 Å². The number of likely N-dealkylation sites (tertiary alicyclic amines) is 2. The lowest BCUT2D eigenvalue weighted by atomic mass is 9.76. The number of carbonyl (C=O) groups is 1. The number of pyridine rings is 1. The highest BCUT2D eigenvalue weighted by atomic mass is 16.2. The normalized spacial score (nSPS) is 30.9. The second-order valence-electron chi connectivity index (χ2n) is 6.28. The van der Waals surface area contributed by atoms with Crippen molar-refractivity contribution >= 4 is 5.91 Å². The monoisotopic (exact) mass is 273 g/mol. The maximum Gasteiger partial charge on any atom is 0.255 e. The van der Waals surface area contributed by atoms with Gasteiger partial charge in [0.1, 0.15) is 0 Å². The molecule has 0 aromatic carbocycles. The molecular weight excluding hydrogens is 250 g/mol. The van der Waals surface area contributed by atoms with E-state index in [-0.39, 0.29) is 11.4 Å². The fraction of sp³-hybridized carbons (Fsp3) is 0.625. The molecule has 2 fully saturated rings. The molecule has 1 aromatic heterocycles. The summed E-state index contributed by atoms with van der Waals surface area (Å²) in [5, 5.41) is 0. The molecule has 0 bridgehead atoms. The standard InChI is InChI=1S/C16H23N3O/c1-16-8-5-11-19(14(16)7-4-10-18(16)2)15(20)13-6-3-9-17-12-13/h3,6,9,12,14H,4-5,7-8,10-11H2,1-2H3/t14-,16-/m0/s1. The van der Waals surface area contributed by atoms with E-state index in [1.807, 2.05) is 12.1 Å². The second-order valence-corrected chi connectivity index (χ2v) is 6.28. The van der Waals surface area contributed by atoms with Crippen LogP contribution in [0.1, 0.15) is 43.0 Å². The quantitative estimate of drug-likeness (QED) is 0.787. The molecule has 0 unspecified atom stereocenters. The largest absolute Gasteiger partial charge is 0.334 e. The van der Waals surface area contributed by atoms with Gasteiger partial charge in [-0.1, -0.05) is 0 Å². The number of nitrogens with zero attached hydrogens (tertiary/aromatic N) is 3. The SMILES string of the molecule is CN1CCC[C@@H]2N(C(=O)c3cccnc3)CCC[C@@]21C. The first kappa shape index (κ1) is 13.6. The van der Waals surface area contributed by atoms with Crippen LogP contribution in [0.25, 0.3) is 0 Å². The number of aromatic nitrogens is 1. The van der Waals surface area contributed by atoms with Crippen LogP contribution in [-0.4, -0.2) is 52.4 Å². The molecule has 3 rings (SSSR count). The van der Waals surface area contributed by atoms with Crippen molar-refractivity contribution in [2.24, 2.45) is 0 Å². The minimum absolute atomic E-state index is 0.133. The lowest BCUT2D eigenvalue weighted by molar-refractivity contribution is -0.0347. The minimum atomic E-state index is 0.133. The van der Waals surface area contributed by atoms with E-state index in [2.05, 4.69) is 28.8 Å². The first-order chi connectivity index (χ1) is 9.63. The Balaban J connectivity index is 1.88. The highest BCUT2D eigenvalue weighted by Crippen LogP contribution is 2.38. The maximum absolute atomic E-state index is 12.8. The molecule has 0 N–H and O–H groups in total. The summed E-state index contributed by atoms with van der Waals surface area (Å²) in [4.78, 5) is 21.4. The van der Waals surface area contributed by atoms with E-state index in [0.29, 0.717) is 11.6 Å². The van der Waals surface area contributed by atoms with Crippen molar-refractivity contribution in [3.63, 3.8) is 0 Å². The van der Waals surface area contributed by atoms with E-state index < -0.39 is 0 Å². The van der Waals surface area contributed by atoms with Gasteiger partial charge in [-0.25, -0.2) is 0 Å². The van der Waals surface area contributed by atoms with Crippen LogP contribution in [-0.2, 0) is 0 Å². The summed E-state index contributed by atoms with van der Waals surface area (Å²) in [5.74, 6) is 0.143. The van der Waals surface area contributed by atoms with E-state index in [1.54, 1.807) is 12.4 Å². The molecule has 108 valence electrons. The van der Waals surface area contributed by atoms with Gasteiger partial charge in [0, 0.05) is 24.5 Å². The highest BCUT2D eigenvalue weighted by molar-refractivity contribution is 5.94. The Bertz CT molecular complexity index is 490. The fourth-order valence-corrected chi connectivity index (χ4v) is 3.85. The van der Waals surface area contributed by atoms with Gasteiger partial charge in [-0.15, -0.1) is 0 Å². The zero-order chi connectivity index (χ0) is 14.2. The van der Waals surface area contributed by atoms with E-state index in [9.17, 15) is 4.79 Å². The topological polar surface area (TPSA) is 36.4 Å². The van der Waals surface area contributed by atoms with Crippen LogP contribution in [0.3, 0.4) is 0 Å². The first-order valence-corrected chi connectivity index (χ1v) is 7.55. The number of piperidine rings is 2. The highest BCUT2D eigenvalue weighted by Gasteiger charge is 2.47. The number of hydrogen-bond donors (Lipinski definition) is 0. The van der Waals surface area contributed by atoms with Crippen molar-refractivity contribution in [1.82, 2.24) is 14.8 Å². The van der Waals surface area contributed by atoms with E-state index in [4.69, 9.17) is 0 Å². The molecule has 3 heterocycles. The van der Waals surface area contributed by atoms with Gasteiger partial charge in [0.2, 0.25) is 0 Å². The van der Waals surface area contributed by atoms with Crippen LogP contribution in [0.15, 0.2) is 24.5 Å². The number of rotatable bonds is 1. The number of likely N-dealkylation sites (N-methyl/N-ethyl adjacent to an activating group) is 1. The van der Waals surface area contributed by atoms with E-state index in [1.165, 1.54) is 12.8 Å². The predicted molar refractivity (Wildman–Crippen MR) is 78.6 cm³/mol. The molecule has 20 heavy (non-hydrogen) atoms. The summed E-state index contributed by atoms with van der Waals surface area (Å²) in [7, 11) is 2.20. The molecule has 2 saturated heterocycles. The van der Waals surface area contributed by atoms with Crippen molar-refractivity contribution in [1.29, 1.82) is 0 Å².